The maximum Gasteiger partial charge on any atom is 1.00 e. The Balaban J connectivity index is 0.00000144. The average molecular weight is 361 g/mol. The van der Waals surface area contributed by atoms with Crippen molar-refractivity contribution in [3.05, 3.63) is 6.42 Å². The van der Waals surface area contributed by atoms with Gasteiger partial charge in [-0.15, -0.1) is 12.5 Å². The van der Waals surface area contributed by atoms with Crippen LogP contribution in [0.4, 0.5) is 0 Å². The van der Waals surface area contributed by atoms with Crippen LogP contribution in [0.2, 0.25) is 0 Å². The van der Waals surface area contributed by atoms with Crippen LogP contribution in [0.5, 0.6) is 0 Å². The molecule has 1 unspecified atom stereocenters. The van der Waals surface area contributed by atoms with Gasteiger partial charge in [-0.2, -0.15) is 0 Å². The third-order valence-corrected chi connectivity index (χ3v) is 2.53. The van der Waals surface area contributed by atoms with Gasteiger partial charge < -0.3 is 17.3 Å². The van der Waals surface area contributed by atoms with E-state index in [1.165, 1.54) is 0 Å². The summed E-state index contributed by atoms with van der Waals surface area (Å²) in [7, 11) is 0. The molecule has 0 spiro atoms. The van der Waals surface area contributed by atoms with Crippen molar-refractivity contribution in [3.63, 3.8) is 0 Å². The Labute approximate surface area is 94.3 Å². The molecule has 3 N–H and O–H groups in total. The van der Waals surface area contributed by atoms with Crippen molar-refractivity contribution in [3.8, 4) is 0 Å². The fourth-order valence-electron chi connectivity index (χ4n) is 1.97. The molecule has 1 aliphatic carbocycles. The van der Waals surface area contributed by atoms with Crippen LogP contribution in [0.3, 0.4) is 0 Å². The molecule has 1 rings (SSSR count). The molecule has 13 heavy (non-hydrogen) atoms. The minimum atomic E-state index is -0.454. The number of hydrogen-bond donors (Lipinski definition) is 2. The van der Waals surface area contributed by atoms with E-state index < -0.39 is 5.60 Å². The molecule has 0 amide bonds. The van der Waals surface area contributed by atoms with Gasteiger partial charge in [0.15, 0.2) is 0 Å². The Morgan fingerprint density at radius 2 is 2.23 bits per heavy atom. The van der Waals surface area contributed by atoms with Crippen LogP contribution in [0.25, 0.3) is 0 Å². The molecule has 1 fully saturated rings. The minimum absolute atomic E-state index is 0. The van der Waals surface area contributed by atoms with Crippen molar-refractivity contribution in [2.75, 3.05) is 0 Å². The van der Waals surface area contributed by atoms with E-state index >= 15 is 0 Å². The Morgan fingerprint density at radius 3 is 2.62 bits per heavy atom. The molecule has 0 aromatic heterocycles. The van der Waals surface area contributed by atoms with Gasteiger partial charge in [0, 0.05) is 5.60 Å². The molecule has 0 heterocycles. The van der Waals surface area contributed by atoms with Crippen molar-refractivity contribution in [2.24, 2.45) is 11.7 Å². The smallest absolute Gasteiger partial charge is 0.393 e. The van der Waals surface area contributed by atoms with Gasteiger partial charge in [0.2, 0.25) is 0 Å². The summed E-state index contributed by atoms with van der Waals surface area (Å²) in [5.74, 6) is 0.567. The molecule has 0 bridgehead atoms. The fourth-order valence-corrected chi connectivity index (χ4v) is 1.97. The number of nitrogens with two attached hydrogens (primary N) is 1. The van der Waals surface area contributed by atoms with E-state index in [9.17, 15) is 5.11 Å². The predicted molar refractivity (Wildman–Crippen MR) is 50.5 cm³/mol. The van der Waals surface area contributed by atoms with E-state index in [-0.39, 0.29) is 25.8 Å². The maximum atomic E-state index is 10.1. The van der Waals surface area contributed by atoms with Crippen LogP contribution in [0.15, 0.2) is 0 Å². The minimum Gasteiger partial charge on any atom is -0.393 e. The van der Waals surface area contributed by atoms with Gasteiger partial charge in [-0.3, -0.25) is 0 Å². The molecule has 0 aromatic carbocycles. The topological polar surface area (TPSA) is 46.2 Å². The monoisotopic (exact) mass is 362 g/mol. The van der Waals surface area contributed by atoms with Gasteiger partial charge in [-0.25, -0.2) is 0 Å². The summed E-state index contributed by atoms with van der Waals surface area (Å²) in [4.78, 5) is 0. The van der Waals surface area contributed by atoms with Gasteiger partial charge in [-0.05, 0) is 18.8 Å². The van der Waals surface area contributed by atoms with Crippen LogP contribution in [0, 0.1) is 12.3 Å². The first-order valence-electron chi connectivity index (χ1n) is 4.83. The van der Waals surface area contributed by atoms with Crippen LogP contribution in [-0.2, 0) is 19.8 Å². The summed E-state index contributed by atoms with van der Waals surface area (Å²) in [6.45, 7) is 4.29. The molecular formula is C10H20NOOs. The Bertz CT molecular complexity index is 142. The van der Waals surface area contributed by atoms with Crippen molar-refractivity contribution >= 4 is 0 Å². The van der Waals surface area contributed by atoms with E-state index in [0.717, 1.165) is 25.7 Å². The fraction of sp³-hybridized carbons (Fsp3) is 0.900. The number of aliphatic hydroxyl groups is 1. The predicted octanol–water partition coefficient (Wildman–Crippen LogP) is 1.48. The van der Waals surface area contributed by atoms with Crippen molar-refractivity contribution in [1.82, 2.24) is 0 Å². The first kappa shape index (κ1) is 13.6. The van der Waals surface area contributed by atoms with Gasteiger partial charge in [0.25, 0.3) is 0 Å². The molecule has 79 valence electrons. The SMILES string of the molecule is CC(C)CC1(O)C[CH-][C@H](N)CC1.[Os+]. The van der Waals surface area contributed by atoms with Crippen LogP contribution >= 0.6 is 0 Å². The van der Waals surface area contributed by atoms with Gasteiger partial charge >= 0.3 is 19.8 Å². The molecular weight excluding hydrogens is 340 g/mol. The molecule has 1 saturated carbocycles. The maximum absolute atomic E-state index is 10.1. The van der Waals surface area contributed by atoms with E-state index in [0.29, 0.717) is 5.92 Å². The van der Waals surface area contributed by atoms with Gasteiger partial charge in [0.1, 0.15) is 0 Å². The molecule has 0 aliphatic heterocycles. The molecule has 0 aromatic rings. The zero-order valence-corrected chi connectivity index (χ0v) is 11.0. The van der Waals surface area contributed by atoms with E-state index in [4.69, 9.17) is 5.73 Å². The quantitative estimate of drug-likeness (QED) is 0.733. The second kappa shape index (κ2) is 5.44. The first-order valence-corrected chi connectivity index (χ1v) is 4.83. The van der Waals surface area contributed by atoms with Crippen molar-refractivity contribution < 1.29 is 24.9 Å². The van der Waals surface area contributed by atoms with Crippen LogP contribution in [-0.4, -0.2) is 16.7 Å². The summed E-state index contributed by atoms with van der Waals surface area (Å²) < 4.78 is 0. The van der Waals surface area contributed by atoms with Crippen molar-refractivity contribution in [1.29, 1.82) is 0 Å². The third-order valence-electron chi connectivity index (χ3n) is 2.53. The normalized spacial score (nSPS) is 34.4. The largest absolute Gasteiger partial charge is 1.00 e. The Kier molecular flexibility index (Phi) is 5.67. The summed E-state index contributed by atoms with van der Waals surface area (Å²) in [6.07, 6.45) is 5.51. The summed E-state index contributed by atoms with van der Waals surface area (Å²) >= 11 is 0. The van der Waals surface area contributed by atoms with E-state index in [2.05, 4.69) is 13.8 Å². The van der Waals surface area contributed by atoms with Crippen LogP contribution < -0.4 is 5.73 Å². The van der Waals surface area contributed by atoms with E-state index in [1.807, 2.05) is 6.42 Å². The van der Waals surface area contributed by atoms with Gasteiger partial charge in [0.05, 0.1) is 0 Å². The Morgan fingerprint density at radius 1 is 1.62 bits per heavy atom. The average Bonchev–Trinajstić information content (AvgIpc) is 1.94. The zero-order valence-electron chi connectivity index (χ0n) is 8.44. The summed E-state index contributed by atoms with van der Waals surface area (Å²) in [5, 5.41) is 10.1. The zero-order chi connectivity index (χ0) is 9.19. The summed E-state index contributed by atoms with van der Waals surface area (Å²) in [6, 6.07) is 0.206. The third kappa shape index (κ3) is 4.54. The standard InChI is InChI=1S/C10H20NO.Os/c1-8(2)7-10(12)5-3-9(11)4-6-10;/h3,8-9,12H,4-7,11H2,1-2H3;/q-1;+1/t9-,10?;/m0./s1. The number of rotatable bonds is 2. The molecule has 2 atom stereocenters. The molecule has 2 nitrogen and oxygen atoms in total. The number of hydrogen-bond acceptors (Lipinski definition) is 2. The molecule has 1 radical (unpaired) electrons. The second-order valence-electron chi connectivity index (χ2n) is 4.46. The first-order chi connectivity index (χ1) is 5.52. The second-order valence-corrected chi connectivity index (χ2v) is 4.46. The van der Waals surface area contributed by atoms with Crippen molar-refractivity contribution in [2.45, 2.75) is 51.2 Å². The van der Waals surface area contributed by atoms with Crippen LogP contribution in [0.1, 0.15) is 39.5 Å². The van der Waals surface area contributed by atoms with Gasteiger partial charge in [-0.1, -0.05) is 20.3 Å². The molecule has 3 heteroatoms. The van der Waals surface area contributed by atoms with E-state index in [1.54, 1.807) is 0 Å². The Hall–Kier alpha value is 0.556. The molecule has 0 saturated heterocycles. The molecule has 1 aliphatic rings. The summed E-state index contributed by atoms with van der Waals surface area (Å²) in [5.41, 5.74) is 5.27.